The minimum atomic E-state index is -0.661. The molecule has 0 bridgehead atoms. The van der Waals surface area contributed by atoms with E-state index in [-0.39, 0.29) is 5.43 Å². The van der Waals surface area contributed by atoms with Crippen molar-refractivity contribution in [3.63, 3.8) is 0 Å². The highest BCUT2D eigenvalue weighted by Gasteiger charge is 2.36. The second-order valence-electron chi connectivity index (χ2n) is 8.06. The van der Waals surface area contributed by atoms with Crippen LogP contribution in [0, 0.1) is 19.4 Å². The third kappa shape index (κ3) is 3.41. The van der Waals surface area contributed by atoms with Crippen molar-refractivity contribution in [2.75, 3.05) is 6.61 Å². The summed E-state index contributed by atoms with van der Waals surface area (Å²) in [6.07, 6.45) is 3.33. The number of nitrogens with zero attached hydrogens (tertiary/aromatic N) is 1. The monoisotopic (exact) mass is 404 g/mol. The molecule has 0 radical (unpaired) electrons. The average molecular weight is 404 g/mol. The van der Waals surface area contributed by atoms with E-state index in [0.717, 1.165) is 12.8 Å². The van der Waals surface area contributed by atoms with Gasteiger partial charge in [0.15, 0.2) is 11.1 Å². The van der Waals surface area contributed by atoms with E-state index in [2.05, 4.69) is 10.2 Å². The van der Waals surface area contributed by atoms with Crippen LogP contribution in [-0.2, 0) is 9.53 Å². The molecule has 1 N–H and O–H groups in total. The molecule has 0 saturated heterocycles. The molecule has 2 aromatic rings. The first kappa shape index (κ1) is 20.0. The lowest BCUT2D eigenvalue weighted by Crippen LogP contribution is -2.30. The van der Waals surface area contributed by atoms with E-state index in [1.54, 1.807) is 19.1 Å². The number of hydrogen-bond donors (Lipinski definition) is 1. The van der Waals surface area contributed by atoms with Gasteiger partial charge in [0.2, 0.25) is 0 Å². The lowest BCUT2D eigenvalue weighted by Gasteiger charge is -2.30. The number of nitrogens with one attached hydrogen (secondary N) is 1. The van der Waals surface area contributed by atoms with Crippen molar-refractivity contribution in [3.05, 3.63) is 79.9 Å². The van der Waals surface area contributed by atoms with E-state index in [4.69, 9.17) is 15.7 Å². The number of carbonyl (C=O) groups is 1. The molecular formula is C24H24N2O4. The quantitative estimate of drug-likeness (QED) is 0.598. The smallest absolute Gasteiger partial charge is 0.335 e. The molecule has 1 unspecified atom stereocenters. The van der Waals surface area contributed by atoms with Crippen molar-refractivity contribution >= 4 is 16.9 Å². The number of ether oxygens (including phenoxy) is 1. The first-order valence-corrected chi connectivity index (χ1v) is 10.2. The molecule has 6 nitrogen and oxygen atoms in total. The van der Waals surface area contributed by atoms with Crippen molar-refractivity contribution in [3.8, 4) is 0 Å². The summed E-state index contributed by atoms with van der Waals surface area (Å²) in [7, 11) is 0. The fourth-order valence-corrected chi connectivity index (χ4v) is 4.18. The number of carbonyl (C=O) groups excluding carboxylic acids is 1. The van der Waals surface area contributed by atoms with Crippen LogP contribution in [0.3, 0.4) is 0 Å². The number of allylic oxidation sites excluding steroid dienone is 3. The Bertz CT molecular complexity index is 1190. The Balaban J connectivity index is 1.86. The Labute approximate surface area is 175 Å². The summed E-state index contributed by atoms with van der Waals surface area (Å²) in [5, 5.41) is 3.58. The van der Waals surface area contributed by atoms with Gasteiger partial charge in [-0.25, -0.2) is 9.64 Å². The molecule has 2 aliphatic rings. The van der Waals surface area contributed by atoms with E-state index >= 15 is 0 Å². The van der Waals surface area contributed by atoms with Crippen molar-refractivity contribution in [1.82, 2.24) is 5.32 Å². The first-order valence-electron chi connectivity index (χ1n) is 10.2. The van der Waals surface area contributed by atoms with Crippen LogP contribution in [0.2, 0.25) is 0 Å². The van der Waals surface area contributed by atoms with Crippen molar-refractivity contribution in [2.24, 2.45) is 5.92 Å². The topological polar surface area (TPSA) is 72.9 Å². The maximum atomic E-state index is 13.1. The summed E-state index contributed by atoms with van der Waals surface area (Å²) in [4.78, 5) is 29.4. The Morgan fingerprint density at radius 3 is 2.70 bits per heavy atom. The number of aryl methyl sites for hydroxylation is 1. The average Bonchev–Trinajstić information content (AvgIpc) is 2.65. The lowest BCUT2D eigenvalue weighted by molar-refractivity contribution is -0.141. The summed E-state index contributed by atoms with van der Waals surface area (Å²) in [6.45, 7) is 13.5. The van der Waals surface area contributed by atoms with E-state index < -0.39 is 11.9 Å². The molecule has 4 rings (SSSR count). The standard InChI is InChI=1S/C24H24N2O4/c1-13-11-19(27)17-9-6-10-18(23(17)30-13)21-20(14(2)26-15(3)22(21)25-4)24(28)29-12-16-7-5-8-16/h6,9-11,16,21,26H,5,7-8,12H2,1-3H3. The van der Waals surface area contributed by atoms with Crippen LogP contribution in [0.25, 0.3) is 15.8 Å². The Kier molecular flexibility index (Phi) is 5.21. The van der Waals surface area contributed by atoms with Gasteiger partial charge in [-0.1, -0.05) is 18.6 Å². The van der Waals surface area contributed by atoms with Crippen LogP contribution >= 0.6 is 0 Å². The lowest BCUT2D eigenvalue weighted by atomic mass is 9.83. The molecule has 1 aromatic carbocycles. The normalized spacial score (nSPS) is 19.3. The Hall–Kier alpha value is -3.33. The molecule has 0 amide bonds. The third-order valence-corrected chi connectivity index (χ3v) is 5.96. The van der Waals surface area contributed by atoms with Crippen LogP contribution in [0.1, 0.15) is 50.4 Å². The van der Waals surface area contributed by atoms with Gasteiger partial charge in [0.05, 0.1) is 30.1 Å². The maximum Gasteiger partial charge on any atom is 0.335 e. The summed E-state index contributed by atoms with van der Waals surface area (Å²) in [6, 6.07) is 6.71. The van der Waals surface area contributed by atoms with Gasteiger partial charge in [-0.05, 0) is 51.2 Å². The maximum absolute atomic E-state index is 13.1. The minimum absolute atomic E-state index is 0.149. The molecule has 6 heteroatoms. The summed E-state index contributed by atoms with van der Waals surface area (Å²) in [5.41, 5.74) is 2.99. The fraction of sp³-hybridized carbons (Fsp3) is 0.375. The molecule has 1 aliphatic carbocycles. The van der Waals surface area contributed by atoms with E-state index in [1.807, 2.05) is 19.9 Å². The molecule has 1 aliphatic heterocycles. The highest BCUT2D eigenvalue weighted by molar-refractivity contribution is 5.94. The van der Waals surface area contributed by atoms with Gasteiger partial charge < -0.3 is 14.5 Å². The summed E-state index contributed by atoms with van der Waals surface area (Å²) >= 11 is 0. The molecule has 1 aromatic heterocycles. The largest absolute Gasteiger partial charge is 0.462 e. The van der Waals surface area contributed by atoms with Crippen molar-refractivity contribution in [1.29, 1.82) is 0 Å². The number of esters is 1. The third-order valence-electron chi connectivity index (χ3n) is 5.96. The number of rotatable bonds is 4. The van der Waals surface area contributed by atoms with Gasteiger partial charge in [0.25, 0.3) is 0 Å². The molecule has 154 valence electrons. The van der Waals surface area contributed by atoms with Gasteiger partial charge in [0, 0.05) is 17.5 Å². The van der Waals surface area contributed by atoms with Gasteiger partial charge in [0.1, 0.15) is 11.3 Å². The molecule has 1 saturated carbocycles. The highest BCUT2D eigenvalue weighted by atomic mass is 16.5. The van der Waals surface area contributed by atoms with E-state index in [9.17, 15) is 9.59 Å². The van der Waals surface area contributed by atoms with Gasteiger partial charge in [-0.2, -0.15) is 0 Å². The number of benzene rings is 1. The molecule has 1 fully saturated rings. The predicted octanol–water partition coefficient (Wildman–Crippen LogP) is 4.56. The zero-order valence-electron chi connectivity index (χ0n) is 17.4. The van der Waals surface area contributed by atoms with Gasteiger partial charge in [-0.15, -0.1) is 0 Å². The fourth-order valence-electron chi connectivity index (χ4n) is 4.18. The van der Waals surface area contributed by atoms with E-state index in [0.29, 0.717) is 57.5 Å². The predicted molar refractivity (Wildman–Crippen MR) is 113 cm³/mol. The van der Waals surface area contributed by atoms with Gasteiger partial charge in [-0.3, -0.25) is 4.79 Å². The number of fused-ring (bicyclic) bond motifs is 1. The molecule has 30 heavy (non-hydrogen) atoms. The van der Waals surface area contributed by atoms with Crippen LogP contribution < -0.4 is 10.7 Å². The van der Waals surface area contributed by atoms with Crippen LogP contribution in [-0.4, -0.2) is 12.6 Å². The van der Waals surface area contributed by atoms with Crippen LogP contribution in [0.4, 0.5) is 0 Å². The van der Waals surface area contributed by atoms with Crippen molar-refractivity contribution < 1.29 is 13.9 Å². The van der Waals surface area contributed by atoms with Crippen LogP contribution in [0.15, 0.2) is 56.1 Å². The number of dihydropyridines is 1. The zero-order valence-corrected chi connectivity index (χ0v) is 17.4. The SMILES string of the molecule is [C-]#[N+]C1=C(C)NC(C)=C(C(=O)OCC2CCC2)C1c1cccc2c(=O)cc(C)oc12. The zero-order chi connectivity index (χ0) is 21.4. The van der Waals surface area contributed by atoms with Crippen LogP contribution in [0.5, 0.6) is 0 Å². The highest BCUT2D eigenvalue weighted by Crippen LogP contribution is 2.42. The van der Waals surface area contributed by atoms with Crippen molar-refractivity contribution in [2.45, 2.75) is 46.0 Å². The Morgan fingerprint density at radius 2 is 2.03 bits per heavy atom. The number of hydrogen-bond acceptors (Lipinski definition) is 5. The first-order chi connectivity index (χ1) is 14.4. The molecular weight excluding hydrogens is 380 g/mol. The Morgan fingerprint density at radius 1 is 1.27 bits per heavy atom. The van der Waals surface area contributed by atoms with Gasteiger partial charge >= 0.3 is 5.97 Å². The summed E-state index contributed by atoms with van der Waals surface area (Å²) in [5.74, 6) is -0.196. The number of para-hydroxylation sites is 1. The second kappa shape index (κ2) is 7.83. The molecule has 1 atom stereocenters. The molecule has 2 heterocycles. The summed E-state index contributed by atoms with van der Waals surface area (Å²) < 4.78 is 11.6. The second-order valence-corrected chi connectivity index (χ2v) is 8.06. The minimum Gasteiger partial charge on any atom is -0.462 e. The van der Waals surface area contributed by atoms with E-state index in [1.165, 1.54) is 12.5 Å². The molecule has 0 spiro atoms.